The van der Waals surface area contributed by atoms with Gasteiger partial charge in [0.2, 0.25) is 0 Å². The van der Waals surface area contributed by atoms with Crippen LogP contribution in [0.5, 0.6) is 0 Å². The Morgan fingerprint density at radius 3 is 2.39 bits per heavy atom. The zero-order valence-electron chi connectivity index (χ0n) is 13.1. The molecule has 4 N–H and O–H groups in total. The van der Waals surface area contributed by atoms with Gasteiger partial charge in [-0.1, -0.05) is 31.4 Å². The number of benzene rings is 1. The number of carbonyl (C=O) groups is 1. The lowest BCUT2D eigenvalue weighted by atomic mass is 9.84. The lowest BCUT2D eigenvalue weighted by molar-refractivity contribution is 0.102. The average molecular weight is 310 g/mol. The first-order valence-electron chi connectivity index (χ1n) is 8.10. The van der Waals surface area contributed by atoms with Gasteiger partial charge < -0.3 is 10.7 Å². The Labute approximate surface area is 136 Å². The van der Waals surface area contributed by atoms with Gasteiger partial charge in [-0.25, -0.2) is 10.8 Å². The number of nitrogen functional groups attached to an aromatic ring is 1. The fourth-order valence-corrected chi connectivity index (χ4v) is 3.09. The number of nitrogens with one attached hydrogen (secondary N) is 2. The molecule has 0 saturated heterocycles. The fourth-order valence-electron chi connectivity index (χ4n) is 3.09. The molecule has 0 aliphatic heterocycles. The van der Waals surface area contributed by atoms with Gasteiger partial charge in [-0.2, -0.15) is 0 Å². The summed E-state index contributed by atoms with van der Waals surface area (Å²) in [7, 11) is 0. The van der Waals surface area contributed by atoms with Crippen molar-refractivity contribution >= 4 is 17.4 Å². The summed E-state index contributed by atoms with van der Waals surface area (Å²) in [6.45, 7) is 0. The summed E-state index contributed by atoms with van der Waals surface area (Å²) >= 11 is 0. The number of nitrogens with two attached hydrogens (primary N) is 1. The lowest BCUT2D eigenvalue weighted by Crippen LogP contribution is -2.13. The van der Waals surface area contributed by atoms with Crippen LogP contribution in [0.15, 0.2) is 42.6 Å². The normalized spacial score (nSPS) is 15.2. The predicted octanol–water partition coefficient (Wildman–Crippen LogP) is 3.67. The highest BCUT2D eigenvalue weighted by Crippen LogP contribution is 2.32. The Morgan fingerprint density at radius 1 is 1.04 bits per heavy atom. The maximum Gasteiger partial charge on any atom is 0.257 e. The smallest absolute Gasteiger partial charge is 0.257 e. The van der Waals surface area contributed by atoms with Crippen LogP contribution < -0.4 is 16.6 Å². The molecule has 0 bridgehead atoms. The molecule has 1 aliphatic carbocycles. The van der Waals surface area contributed by atoms with Crippen molar-refractivity contribution in [3.63, 3.8) is 0 Å². The van der Waals surface area contributed by atoms with Crippen molar-refractivity contribution < 1.29 is 4.79 Å². The lowest BCUT2D eigenvalue weighted by Gasteiger charge is -2.22. The van der Waals surface area contributed by atoms with Crippen LogP contribution in [0, 0.1) is 0 Å². The molecule has 1 aliphatic rings. The largest absolute Gasteiger partial charge is 0.322 e. The molecule has 0 radical (unpaired) electrons. The molecule has 3 rings (SSSR count). The Balaban J connectivity index is 1.63. The molecular formula is C18H22N4O. The summed E-state index contributed by atoms with van der Waals surface area (Å²) in [5, 5.41) is 2.90. The second-order valence-corrected chi connectivity index (χ2v) is 5.99. The van der Waals surface area contributed by atoms with Crippen LogP contribution in [-0.2, 0) is 0 Å². The van der Waals surface area contributed by atoms with Crippen LogP contribution in [-0.4, -0.2) is 10.9 Å². The van der Waals surface area contributed by atoms with E-state index in [1.54, 1.807) is 12.1 Å². The van der Waals surface area contributed by atoms with Crippen LogP contribution in [0.4, 0.5) is 11.5 Å². The second-order valence-electron chi connectivity index (χ2n) is 5.99. The first kappa shape index (κ1) is 15.5. The number of carbonyl (C=O) groups excluding carboxylic acids is 1. The Bertz CT molecular complexity index is 646. The van der Waals surface area contributed by atoms with E-state index in [1.165, 1.54) is 43.9 Å². The van der Waals surface area contributed by atoms with Gasteiger partial charge in [-0.3, -0.25) is 4.79 Å². The number of nitrogens with zero attached hydrogens (tertiary/aromatic N) is 1. The number of rotatable bonds is 4. The number of aromatic nitrogens is 1. The first-order valence-corrected chi connectivity index (χ1v) is 8.10. The van der Waals surface area contributed by atoms with Gasteiger partial charge in [0, 0.05) is 11.9 Å². The monoisotopic (exact) mass is 310 g/mol. The first-order chi connectivity index (χ1) is 11.3. The SMILES string of the molecule is NNc1ccc(C(=O)Nc2ccc(C3CCCCC3)cc2)cn1. The maximum absolute atomic E-state index is 12.2. The second kappa shape index (κ2) is 7.24. The van der Waals surface area contributed by atoms with Crippen LogP contribution in [0.25, 0.3) is 0 Å². The van der Waals surface area contributed by atoms with Gasteiger partial charge in [0.15, 0.2) is 0 Å². The average Bonchev–Trinajstić information content (AvgIpc) is 2.63. The van der Waals surface area contributed by atoms with E-state index in [0.29, 0.717) is 17.3 Å². The van der Waals surface area contributed by atoms with E-state index < -0.39 is 0 Å². The van der Waals surface area contributed by atoms with Crippen molar-refractivity contribution in [2.45, 2.75) is 38.0 Å². The van der Waals surface area contributed by atoms with E-state index in [2.05, 4.69) is 27.9 Å². The summed E-state index contributed by atoms with van der Waals surface area (Å²) < 4.78 is 0. The Hall–Kier alpha value is -2.40. The zero-order valence-corrected chi connectivity index (χ0v) is 13.1. The summed E-state index contributed by atoms with van der Waals surface area (Å²) in [4.78, 5) is 16.2. The molecule has 1 amide bonds. The Morgan fingerprint density at radius 2 is 1.78 bits per heavy atom. The molecule has 0 atom stereocenters. The van der Waals surface area contributed by atoms with E-state index in [-0.39, 0.29) is 5.91 Å². The number of pyridine rings is 1. The number of hydrogen-bond donors (Lipinski definition) is 3. The number of anilines is 2. The summed E-state index contributed by atoms with van der Waals surface area (Å²) in [6.07, 6.45) is 8.06. The molecule has 0 unspecified atom stereocenters. The van der Waals surface area contributed by atoms with Gasteiger partial charge in [-0.15, -0.1) is 0 Å². The van der Waals surface area contributed by atoms with Gasteiger partial charge in [0.25, 0.3) is 5.91 Å². The van der Waals surface area contributed by atoms with Gasteiger partial charge >= 0.3 is 0 Å². The molecule has 1 saturated carbocycles. The highest BCUT2D eigenvalue weighted by atomic mass is 16.1. The number of amides is 1. The zero-order chi connectivity index (χ0) is 16.1. The molecule has 5 heteroatoms. The minimum absolute atomic E-state index is 0.175. The van der Waals surface area contributed by atoms with Gasteiger partial charge in [0.1, 0.15) is 5.82 Å². The van der Waals surface area contributed by atoms with Crippen LogP contribution >= 0.6 is 0 Å². The summed E-state index contributed by atoms with van der Waals surface area (Å²) in [5.74, 6) is 6.29. The van der Waals surface area contributed by atoms with E-state index in [0.717, 1.165) is 5.69 Å². The Kier molecular flexibility index (Phi) is 4.88. The van der Waals surface area contributed by atoms with Gasteiger partial charge in [-0.05, 0) is 48.6 Å². The highest BCUT2D eigenvalue weighted by Gasteiger charge is 2.15. The van der Waals surface area contributed by atoms with Crippen molar-refractivity contribution in [3.8, 4) is 0 Å². The topological polar surface area (TPSA) is 80.0 Å². The summed E-state index contributed by atoms with van der Waals surface area (Å²) in [5.41, 5.74) is 5.12. The van der Waals surface area contributed by atoms with Crippen LogP contribution in [0.3, 0.4) is 0 Å². The molecule has 1 fully saturated rings. The minimum Gasteiger partial charge on any atom is -0.322 e. The molecule has 1 aromatic heterocycles. The molecule has 23 heavy (non-hydrogen) atoms. The van der Waals surface area contributed by atoms with Crippen LogP contribution in [0.1, 0.15) is 53.9 Å². The van der Waals surface area contributed by atoms with Crippen LogP contribution in [0.2, 0.25) is 0 Å². The molecular weight excluding hydrogens is 288 g/mol. The maximum atomic E-state index is 12.2. The number of hydrazine groups is 1. The molecule has 1 aromatic carbocycles. The van der Waals surface area contributed by atoms with Crippen molar-refractivity contribution in [1.29, 1.82) is 0 Å². The third kappa shape index (κ3) is 3.87. The van der Waals surface area contributed by atoms with Crippen molar-refractivity contribution in [2.75, 3.05) is 10.7 Å². The van der Waals surface area contributed by atoms with E-state index >= 15 is 0 Å². The molecule has 120 valence electrons. The third-order valence-corrected chi connectivity index (χ3v) is 4.42. The van der Waals surface area contributed by atoms with E-state index in [4.69, 9.17) is 5.84 Å². The highest BCUT2D eigenvalue weighted by molar-refractivity contribution is 6.04. The van der Waals surface area contributed by atoms with Crippen molar-refractivity contribution in [2.24, 2.45) is 5.84 Å². The number of hydrogen-bond acceptors (Lipinski definition) is 4. The molecule has 2 aromatic rings. The standard InChI is InChI=1S/C18H22N4O/c19-22-17-11-8-15(12-20-17)18(23)21-16-9-6-14(7-10-16)13-4-2-1-3-5-13/h6-13H,1-5,19H2,(H,20,22)(H,21,23). The quantitative estimate of drug-likeness (QED) is 0.594. The summed E-state index contributed by atoms with van der Waals surface area (Å²) in [6, 6.07) is 11.6. The van der Waals surface area contributed by atoms with E-state index in [1.807, 2.05) is 12.1 Å². The predicted molar refractivity (Wildman–Crippen MR) is 92.3 cm³/mol. The molecule has 1 heterocycles. The molecule has 0 spiro atoms. The van der Waals surface area contributed by atoms with Crippen molar-refractivity contribution in [3.05, 3.63) is 53.7 Å². The minimum atomic E-state index is -0.175. The van der Waals surface area contributed by atoms with E-state index in [9.17, 15) is 4.79 Å². The third-order valence-electron chi connectivity index (χ3n) is 4.42. The van der Waals surface area contributed by atoms with Crippen molar-refractivity contribution in [1.82, 2.24) is 4.98 Å². The molecule has 5 nitrogen and oxygen atoms in total. The fraction of sp³-hybridized carbons (Fsp3) is 0.333. The van der Waals surface area contributed by atoms with Gasteiger partial charge in [0.05, 0.1) is 5.56 Å².